The lowest BCUT2D eigenvalue weighted by molar-refractivity contribution is -0.135. The van der Waals surface area contributed by atoms with E-state index in [1.807, 2.05) is 50.2 Å². The normalized spacial score (nSPS) is 11.4. The fourth-order valence-electron chi connectivity index (χ4n) is 2.82. The summed E-state index contributed by atoms with van der Waals surface area (Å²) in [5, 5.41) is 15.0. The number of nitrogens with one attached hydrogen (secondary N) is 2. The van der Waals surface area contributed by atoms with Crippen molar-refractivity contribution < 1.29 is 14.7 Å². The summed E-state index contributed by atoms with van der Waals surface area (Å²) in [5.74, 6) is -0.995. The Hall–Kier alpha value is -2.93. The van der Waals surface area contributed by atoms with Crippen LogP contribution in [0.5, 0.6) is 0 Å². The van der Waals surface area contributed by atoms with Crippen molar-refractivity contribution in [2.45, 2.75) is 32.7 Å². The van der Waals surface area contributed by atoms with Crippen molar-refractivity contribution in [1.29, 1.82) is 0 Å². The highest BCUT2D eigenvalue weighted by molar-refractivity contribution is 7.80. The van der Waals surface area contributed by atoms with Gasteiger partial charge in [-0.15, -0.1) is 0 Å². The van der Waals surface area contributed by atoms with Gasteiger partial charge in [-0.05, 0) is 43.2 Å². The maximum Gasteiger partial charge on any atom is 0.323 e. The molecule has 7 heteroatoms. The summed E-state index contributed by atoms with van der Waals surface area (Å²) in [5.41, 5.74) is 2.40. The summed E-state index contributed by atoms with van der Waals surface area (Å²) in [6.45, 7) is 3.66. The molecule has 1 unspecified atom stereocenters. The summed E-state index contributed by atoms with van der Waals surface area (Å²) >= 11 is 5.59. The van der Waals surface area contributed by atoms with Crippen LogP contribution in [0.25, 0.3) is 0 Å². The maximum atomic E-state index is 12.5. The van der Waals surface area contributed by atoms with E-state index in [1.54, 1.807) is 23.1 Å². The van der Waals surface area contributed by atoms with E-state index in [2.05, 4.69) is 10.6 Å². The van der Waals surface area contributed by atoms with Crippen LogP contribution in [0.1, 0.15) is 25.3 Å². The molecule has 0 radical (unpaired) electrons. The van der Waals surface area contributed by atoms with Crippen molar-refractivity contribution >= 4 is 40.6 Å². The molecule has 1 atom stereocenters. The summed E-state index contributed by atoms with van der Waals surface area (Å²) in [6.07, 6.45) is 1.38. The number of carbonyl (C=O) groups excluding carboxylic acids is 1. The van der Waals surface area contributed by atoms with Gasteiger partial charge in [0.15, 0.2) is 0 Å². The molecule has 2 amide bonds. The van der Waals surface area contributed by atoms with Crippen molar-refractivity contribution in [1.82, 2.24) is 5.32 Å². The Balaban J connectivity index is 2.16. The SMILES string of the molecule is CCCC(NC(=O)Nc1cccc(C)c1)C(=S)N(CC(=O)O)c1ccccc1. The lowest BCUT2D eigenvalue weighted by Crippen LogP contribution is -2.50. The second-order valence-corrected chi connectivity index (χ2v) is 6.88. The number of aryl methyl sites for hydroxylation is 1. The van der Waals surface area contributed by atoms with E-state index in [0.29, 0.717) is 22.8 Å². The van der Waals surface area contributed by atoms with Crippen molar-refractivity contribution in [3.63, 3.8) is 0 Å². The Bertz CT molecular complexity index is 827. The van der Waals surface area contributed by atoms with Gasteiger partial charge in [-0.1, -0.05) is 55.9 Å². The number of carbonyl (C=O) groups is 2. The minimum Gasteiger partial charge on any atom is -0.480 e. The first kappa shape index (κ1) is 21.4. The minimum atomic E-state index is -0.995. The molecule has 0 aliphatic carbocycles. The first-order valence-electron chi connectivity index (χ1n) is 9.13. The second kappa shape index (κ2) is 10.4. The van der Waals surface area contributed by atoms with Crippen LogP contribution in [0.3, 0.4) is 0 Å². The lowest BCUT2D eigenvalue weighted by Gasteiger charge is -2.29. The van der Waals surface area contributed by atoms with Crippen molar-refractivity contribution in [2.24, 2.45) is 0 Å². The zero-order chi connectivity index (χ0) is 20.5. The van der Waals surface area contributed by atoms with E-state index in [9.17, 15) is 14.7 Å². The highest BCUT2D eigenvalue weighted by Crippen LogP contribution is 2.17. The molecule has 0 aromatic heterocycles. The molecule has 0 saturated carbocycles. The number of anilines is 2. The van der Waals surface area contributed by atoms with Gasteiger partial charge in [-0.3, -0.25) is 4.79 Å². The topological polar surface area (TPSA) is 81.7 Å². The van der Waals surface area contributed by atoms with Gasteiger partial charge in [-0.25, -0.2) is 4.79 Å². The standard InChI is InChI=1S/C21H25N3O3S/c1-3-8-18(23-21(27)22-16-10-7-9-15(2)13-16)20(28)24(14-19(25)26)17-11-5-4-6-12-17/h4-7,9-13,18H,3,8,14H2,1-2H3,(H,25,26)(H2,22,23,27). The number of hydrogen-bond donors (Lipinski definition) is 3. The number of thiocarbonyl (C=S) groups is 1. The molecular weight excluding hydrogens is 374 g/mol. The van der Waals surface area contributed by atoms with Crippen LogP contribution in [0.4, 0.5) is 16.2 Å². The van der Waals surface area contributed by atoms with Crippen LogP contribution >= 0.6 is 12.2 Å². The predicted molar refractivity (Wildman–Crippen MR) is 116 cm³/mol. The van der Waals surface area contributed by atoms with Crippen molar-refractivity contribution in [2.75, 3.05) is 16.8 Å². The van der Waals surface area contributed by atoms with E-state index in [0.717, 1.165) is 12.0 Å². The molecule has 0 aliphatic heterocycles. The number of amides is 2. The number of rotatable bonds is 8. The molecule has 2 rings (SSSR count). The van der Waals surface area contributed by atoms with E-state index < -0.39 is 12.0 Å². The maximum absolute atomic E-state index is 12.5. The first-order chi connectivity index (χ1) is 13.4. The average Bonchev–Trinajstić information content (AvgIpc) is 2.66. The van der Waals surface area contributed by atoms with Crippen LogP contribution in [0, 0.1) is 6.92 Å². The number of benzene rings is 2. The van der Waals surface area contributed by atoms with E-state index in [1.165, 1.54) is 0 Å². The lowest BCUT2D eigenvalue weighted by atomic mass is 10.1. The minimum absolute atomic E-state index is 0.274. The third kappa shape index (κ3) is 6.35. The molecular formula is C21H25N3O3S. The summed E-state index contributed by atoms with van der Waals surface area (Å²) in [7, 11) is 0. The molecule has 0 heterocycles. The molecule has 3 N–H and O–H groups in total. The molecule has 2 aromatic carbocycles. The fourth-order valence-corrected chi connectivity index (χ4v) is 3.17. The van der Waals surface area contributed by atoms with Crippen molar-refractivity contribution in [3.05, 3.63) is 60.2 Å². The van der Waals surface area contributed by atoms with E-state index >= 15 is 0 Å². The number of hydrogen-bond acceptors (Lipinski definition) is 3. The fraction of sp³-hybridized carbons (Fsp3) is 0.286. The van der Waals surface area contributed by atoms with Gasteiger partial charge in [-0.2, -0.15) is 0 Å². The quantitative estimate of drug-likeness (QED) is 0.580. The second-order valence-electron chi connectivity index (χ2n) is 6.46. The van der Waals surface area contributed by atoms with Gasteiger partial charge in [0.1, 0.15) is 11.5 Å². The number of nitrogens with zero attached hydrogens (tertiary/aromatic N) is 1. The van der Waals surface area contributed by atoms with Crippen LogP contribution in [0.2, 0.25) is 0 Å². The molecule has 0 spiro atoms. The average molecular weight is 400 g/mol. The predicted octanol–water partition coefficient (Wildman–Crippen LogP) is 4.20. The Labute approximate surface area is 170 Å². The summed E-state index contributed by atoms with van der Waals surface area (Å²) in [6, 6.07) is 15.7. The summed E-state index contributed by atoms with van der Waals surface area (Å²) in [4.78, 5) is 25.8. The van der Waals surface area contributed by atoms with Gasteiger partial charge in [0.05, 0.1) is 6.04 Å². The summed E-state index contributed by atoms with van der Waals surface area (Å²) < 4.78 is 0. The highest BCUT2D eigenvalue weighted by Gasteiger charge is 2.24. The van der Waals surface area contributed by atoms with Gasteiger partial charge >= 0.3 is 12.0 Å². The van der Waals surface area contributed by atoms with Crippen LogP contribution in [0.15, 0.2) is 54.6 Å². The number of carboxylic acid groups (broad SMARTS) is 1. The van der Waals surface area contributed by atoms with Gasteiger partial charge in [0.25, 0.3) is 0 Å². The molecule has 0 aliphatic rings. The van der Waals surface area contributed by atoms with Crippen molar-refractivity contribution in [3.8, 4) is 0 Å². The van der Waals surface area contributed by atoms with Crippen LogP contribution in [-0.4, -0.2) is 34.7 Å². The largest absolute Gasteiger partial charge is 0.480 e. The number of carboxylic acids is 1. The third-order valence-electron chi connectivity index (χ3n) is 4.08. The number of para-hydroxylation sites is 1. The zero-order valence-corrected chi connectivity index (χ0v) is 16.8. The number of urea groups is 1. The molecule has 0 bridgehead atoms. The Morgan fingerprint density at radius 3 is 2.46 bits per heavy atom. The molecule has 148 valence electrons. The Morgan fingerprint density at radius 1 is 1.14 bits per heavy atom. The van der Waals surface area contributed by atoms with Gasteiger partial charge in [0, 0.05) is 11.4 Å². The monoisotopic (exact) mass is 399 g/mol. The molecule has 2 aromatic rings. The van der Waals surface area contributed by atoms with Gasteiger partial charge < -0.3 is 20.6 Å². The molecule has 0 saturated heterocycles. The third-order valence-corrected chi connectivity index (χ3v) is 4.59. The number of aliphatic carboxylic acids is 1. The Kier molecular flexibility index (Phi) is 7.95. The zero-order valence-electron chi connectivity index (χ0n) is 16.0. The van der Waals surface area contributed by atoms with Crippen LogP contribution < -0.4 is 15.5 Å². The molecule has 0 fully saturated rings. The van der Waals surface area contributed by atoms with E-state index in [4.69, 9.17) is 12.2 Å². The smallest absolute Gasteiger partial charge is 0.323 e. The highest BCUT2D eigenvalue weighted by atomic mass is 32.1. The van der Waals surface area contributed by atoms with E-state index in [-0.39, 0.29) is 12.6 Å². The van der Waals surface area contributed by atoms with Gasteiger partial charge in [0.2, 0.25) is 0 Å². The first-order valence-corrected chi connectivity index (χ1v) is 9.54. The molecule has 6 nitrogen and oxygen atoms in total. The Morgan fingerprint density at radius 2 is 1.86 bits per heavy atom. The van der Waals surface area contributed by atoms with Crippen LogP contribution in [-0.2, 0) is 4.79 Å². The molecule has 28 heavy (non-hydrogen) atoms.